The largest absolute Gasteiger partial charge is 0.496 e. The Morgan fingerprint density at radius 3 is 2.30 bits per heavy atom. The molecule has 0 radical (unpaired) electrons. The molecule has 0 aliphatic rings. The molecule has 0 saturated heterocycles. The SMILES string of the molecule is COC(=O)C(C)(C)c1cc(C=O)c(OC)c(-c2cc(C#N)ccc2OC)c1. The molecular weight excluding hydrogens is 346 g/mol. The maximum Gasteiger partial charge on any atom is 0.315 e. The molecule has 2 aromatic rings. The molecule has 27 heavy (non-hydrogen) atoms. The summed E-state index contributed by atoms with van der Waals surface area (Å²) in [7, 11) is 4.28. The van der Waals surface area contributed by atoms with Crippen molar-refractivity contribution in [1.82, 2.24) is 0 Å². The Morgan fingerprint density at radius 2 is 1.78 bits per heavy atom. The van der Waals surface area contributed by atoms with Crippen LogP contribution in [-0.4, -0.2) is 33.6 Å². The van der Waals surface area contributed by atoms with E-state index < -0.39 is 11.4 Å². The van der Waals surface area contributed by atoms with Gasteiger partial charge in [0.05, 0.1) is 43.9 Å². The normalized spacial score (nSPS) is 10.7. The molecule has 0 aliphatic heterocycles. The van der Waals surface area contributed by atoms with Gasteiger partial charge < -0.3 is 14.2 Å². The third kappa shape index (κ3) is 3.63. The number of rotatable bonds is 6. The number of nitrogens with zero attached hydrogens (tertiary/aromatic N) is 1. The minimum Gasteiger partial charge on any atom is -0.496 e. The maximum atomic E-state index is 12.2. The number of esters is 1. The van der Waals surface area contributed by atoms with Gasteiger partial charge in [0.15, 0.2) is 6.29 Å². The van der Waals surface area contributed by atoms with Gasteiger partial charge in [0.1, 0.15) is 11.5 Å². The number of benzene rings is 2. The topological polar surface area (TPSA) is 85.6 Å². The lowest BCUT2D eigenvalue weighted by molar-refractivity contribution is -0.146. The second-order valence-electron chi connectivity index (χ2n) is 6.41. The van der Waals surface area contributed by atoms with Gasteiger partial charge in [-0.3, -0.25) is 9.59 Å². The zero-order valence-electron chi connectivity index (χ0n) is 16.0. The number of nitriles is 1. The van der Waals surface area contributed by atoms with Crippen LogP contribution in [0.5, 0.6) is 11.5 Å². The van der Waals surface area contributed by atoms with Crippen molar-refractivity contribution in [3.63, 3.8) is 0 Å². The van der Waals surface area contributed by atoms with E-state index in [0.29, 0.717) is 40.0 Å². The molecule has 0 fully saturated rings. The molecule has 0 saturated carbocycles. The standard InChI is InChI=1S/C21H21NO5/c1-21(2,20(24)27-5)15-9-14(12-23)19(26-4)17(10-15)16-8-13(11-22)6-7-18(16)25-3/h6-10,12H,1-5H3. The zero-order valence-corrected chi connectivity index (χ0v) is 16.0. The van der Waals surface area contributed by atoms with Crippen molar-refractivity contribution in [3.05, 3.63) is 47.0 Å². The Kier molecular flexibility index (Phi) is 5.86. The highest BCUT2D eigenvalue weighted by molar-refractivity contribution is 5.91. The van der Waals surface area contributed by atoms with E-state index in [1.54, 1.807) is 44.2 Å². The molecule has 0 heterocycles. The van der Waals surface area contributed by atoms with E-state index in [-0.39, 0.29) is 5.56 Å². The fraction of sp³-hybridized carbons (Fsp3) is 0.286. The molecule has 6 nitrogen and oxygen atoms in total. The van der Waals surface area contributed by atoms with Gasteiger partial charge in [0.25, 0.3) is 0 Å². The molecule has 0 aromatic heterocycles. The van der Waals surface area contributed by atoms with Crippen LogP contribution in [0.25, 0.3) is 11.1 Å². The lowest BCUT2D eigenvalue weighted by Gasteiger charge is -2.24. The molecule has 0 spiro atoms. The van der Waals surface area contributed by atoms with Crippen molar-refractivity contribution in [2.45, 2.75) is 19.3 Å². The van der Waals surface area contributed by atoms with Crippen LogP contribution in [0.15, 0.2) is 30.3 Å². The first-order valence-electron chi connectivity index (χ1n) is 8.18. The fourth-order valence-corrected chi connectivity index (χ4v) is 2.89. The number of carbonyl (C=O) groups is 2. The summed E-state index contributed by atoms with van der Waals surface area (Å²) in [5.41, 5.74) is 1.43. The third-order valence-corrected chi connectivity index (χ3v) is 4.48. The summed E-state index contributed by atoms with van der Waals surface area (Å²) in [4.78, 5) is 23.9. The highest BCUT2D eigenvalue weighted by atomic mass is 16.5. The molecule has 0 aliphatic carbocycles. The Labute approximate surface area is 158 Å². The molecule has 2 rings (SSSR count). The van der Waals surface area contributed by atoms with Crippen molar-refractivity contribution in [2.24, 2.45) is 0 Å². The number of aldehydes is 1. The lowest BCUT2D eigenvalue weighted by atomic mass is 9.81. The summed E-state index contributed by atoms with van der Waals surface area (Å²) in [6, 6.07) is 10.4. The Morgan fingerprint density at radius 1 is 1.07 bits per heavy atom. The minimum atomic E-state index is -0.992. The van der Waals surface area contributed by atoms with E-state index in [9.17, 15) is 14.9 Å². The van der Waals surface area contributed by atoms with Gasteiger partial charge in [-0.1, -0.05) is 0 Å². The van der Waals surface area contributed by atoms with Crippen LogP contribution in [0.4, 0.5) is 0 Å². The van der Waals surface area contributed by atoms with Crippen molar-refractivity contribution in [2.75, 3.05) is 21.3 Å². The minimum absolute atomic E-state index is 0.284. The summed E-state index contributed by atoms with van der Waals surface area (Å²) in [5, 5.41) is 9.25. The summed E-state index contributed by atoms with van der Waals surface area (Å²) >= 11 is 0. The zero-order chi connectivity index (χ0) is 20.2. The van der Waals surface area contributed by atoms with Crippen LogP contribution in [0.3, 0.4) is 0 Å². The summed E-state index contributed by atoms with van der Waals surface area (Å²) < 4.78 is 15.8. The first-order chi connectivity index (χ1) is 12.8. The first kappa shape index (κ1) is 20.0. The van der Waals surface area contributed by atoms with Crippen LogP contribution >= 0.6 is 0 Å². The number of hydrogen-bond donors (Lipinski definition) is 0. The lowest BCUT2D eigenvalue weighted by Crippen LogP contribution is -2.30. The Hall–Kier alpha value is -3.33. The number of methoxy groups -OCH3 is 3. The highest BCUT2D eigenvalue weighted by Crippen LogP contribution is 2.41. The van der Waals surface area contributed by atoms with E-state index in [0.717, 1.165) is 0 Å². The maximum absolute atomic E-state index is 12.2. The van der Waals surface area contributed by atoms with Gasteiger partial charge >= 0.3 is 5.97 Å². The van der Waals surface area contributed by atoms with Crippen molar-refractivity contribution in [1.29, 1.82) is 5.26 Å². The molecular formula is C21H21NO5. The monoisotopic (exact) mass is 367 g/mol. The van der Waals surface area contributed by atoms with Crippen LogP contribution in [-0.2, 0) is 14.9 Å². The average molecular weight is 367 g/mol. The molecule has 0 N–H and O–H groups in total. The molecule has 6 heteroatoms. The molecule has 2 aromatic carbocycles. The van der Waals surface area contributed by atoms with Gasteiger partial charge in [-0.15, -0.1) is 0 Å². The molecule has 0 bridgehead atoms. The van der Waals surface area contributed by atoms with E-state index >= 15 is 0 Å². The summed E-state index contributed by atoms with van der Waals surface area (Å²) in [6.45, 7) is 3.42. The van der Waals surface area contributed by atoms with Crippen LogP contribution in [0.1, 0.15) is 35.3 Å². The molecule has 0 amide bonds. The predicted molar refractivity (Wildman–Crippen MR) is 100 cm³/mol. The van der Waals surface area contributed by atoms with E-state index in [4.69, 9.17) is 14.2 Å². The number of ether oxygens (including phenoxy) is 3. The number of hydrogen-bond acceptors (Lipinski definition) is 6. The van der Waals surface area contributed by atoms with Crippen LogP contribution < -0.4 is 9.47 Å². The van der Waals surface area contributed by atoms with E-state index in [1.165, 1.54) is 21.3 Å². The molecule has 140 valence electrons. The number of carbonyl (C=O) groups excluding carboxylic acids is 2. The van der Waals surface area contributed by atoms with E-state index in [2.05, 4.69) is 6.07 Å². The quantitative estimate of drug-likeness (QED) is 0.574. The van der Waals surface area contributed by atoms with Gasteiger partial charge in [-0.25, -0.2) is 0 Å². The van der Waals surface area contributed by atoms with Gasteiger partial charge in [0, 0.05) is 11.1 Å². The second kappa shape index (κ2) is 7.92. The fourth-order valence-electron chi connectivity index (χ4n) is 2.89. The van der Waals surface area contributed by atoms with Crippen molar-refractivity contribution < 1.29 is 23.8 Å². The Balaban J connectivity index is 2.88. The van der Waals surface area contributed by atoms with Crippen molar-refractivity contribution in [3.8, 4) is 28.7 Å². The van der Waals surface area contributed by atoms with Gasteiger partial charge in [0.2, 0.25) is 0 Å². The first-order valence-corrected chi connectivity index (χ1v) is 8.18. The predicted octanol–water partition coefficient (Wildman–Crippen LogP) is 3.51. The average Bonchev–Trinajstić information content (AvgIpc) is 2.71. The second-order valence-corrected chi connectivity index (χ2v) is 6.41. The van der Waals surface area contributed by atoms with Gasteiger partial charge in [-0.2, -0.15) is 5.26 Å². The highest BCUT2D eigenvalue weighted by Gasteiger charge is 2.33. The van der Waals surface area contributed by atoms with Crippen LogP contribution in [0.2, 0.25) is 0 Å². The third-order valence-electron chi connectivity index (χ3n) is 4.48. The van der Waals surface area contributed by atoms with Crippen LogP contribution in [0, 0.1) is 11.3 Å². The molecule has 0 unspecified atom stereocenters. The Bertz CT molecular complexity index is 925. The van der Waals surface area contributed by atoms with E-state index in [1.807, 2.05) is 0 Å². The summed E-state index contributed by atoms with van der Waals surface area (Å²) in [6.07, 6.45) is 0.666. The van der Waals surface area contributed by atoms with Crippen molar-refractivity contribution >= 4 is 12.3 Å². The molecule has 0 atom stereocenters. The van der Waals surface area contributed by atoms with Gasteiger partial charge in [-0.05, 0) is 49.7 Å². The summed E-state index contributed by atoms with van der Waals surface area (Å²) in [5.74, 6) is 0.410. The smallest absolute Gasteiger partial charge is 0.315 e.